The Kier molecular flexibility index (Phi) is 3.54. The first-order chi connectivity index (χ1) is 9.21. The van der Waals surface area contributed by atoms with Crippen molar-refractivity contribution in [2.75, 3.05) is 7.05 Å². The van der Waals surface area contributed by atoms with E-state index in [4.69, 9.17) is 11.6 Å². The Balaban J connectivity index is 2.29. The third-order valence-electron chi connectivity index (χ3n) is 4.22. The largest absolute Gasteiger partial charge is 0.480 e. The average molecular weight is 296 g/mol. The lowest BCUT2D eigenvalue weighted by Gasteiger charge is -2.34. The van der Waals surface area contributed by atoms with Gasteiger partial charge in [-0.3, -0.25) is 4.79 Å². The first kappa shape index (κ1) is 14.9. The maximum absolute atomic E-state index is 12.7. The Morgan fingerprint density at radius 2 is 1.75 bits per heavy atom. The normalized spacial score (nSPS) is 16.6. The number of halogens is 1. The van der Waals surface area contributed by atoms with E-state index >= 15 is 0 Å². The van der Waals surface area contributed by atoms with Crippen LogP contribution < -0.4 is 0 Å². The molecule has 1 aromatic rings. The van der Waals surface area contributed by atoms with Gasteiger partial charge in [-0.2, -0.15) is 0 Å². The molecular weight excluding hydrogens is 278 g/mol. The standard InChI is InChI=1S/C15H18ClNO3/c1-14(2,13(19)20)17(3)12(18)15(8-9-15)10-4-6-11(16)7-5-10/h4-7H,8-9H2,1-3H3,(H,19,20). The van der Waals surface area contributed by atoms with Crippen molar-refractivity contribution in [2.45, 2.75) is 37.6 Å². The van der Waals surface area contributed by atoms with Crippen LogP contribution >= 0.6 is 11.6 Å². The predicted molar refractivity (Wildman–Crippen MR) is 76.8 cm³/mol. The quantitative estimate of drug-likeness (QED) is 0.929. The van der Waals surface area contributed by atoms with Gasteiger partial charge >= 0.3 is 5.97 Å². The first-order valence-electron chi connectivity index (χ1n) is 6.49. The molecule has 5 heteroatoms. The van der Waals surface area contributed by atoms with Gasteiger partial charge in [-0.15, -0.1) is 0 Å². The number of carboxylic acid groups (broad SMARTS) is 1. The molecule has 1 amide bonds. The molecule has 0 heterocycles. The van der Waals surface area contributed by atoms with E-state index < -0.39 is 16.9 Å². The van der Waals surface area contributed by atoms with Gasteiger partial charge in [0.25, 0.3) is 0 Å². The highest BCUT2D eigenvalue weighted by Gasteiger charge is 2.55. The number of carbonyl (C=O) groups is 2. The summed E-state index contributed by atoms with van der Waals surface area (Å²) in [5.41, 5.74) is -0.898. The number of aliphatic carboxylic acids is 1. The van der Waals surface area contributed by atoms with Crippen molar-refractivity contribution in [1.29, 1.82) is 0 Å². The molecule has 2 rings (SSSR count). The van der Waals surface area contributed by atoms with Gasteiger partial charge in [-0.1, -0.05) is 23.7 Å². The highest BCUT2D eigenvalue weighted by molar-refractivity contribution is 6.30. The molecule has 1 fully saturated rings. The molecule has 1 saturated carbocycles. The molecule has 0 unspecified atom stereocenters. The molecule has 0 aromatic heterocycles. The Labute approximate surface area is 123 Å². The maximum Gasteiger partial charge on any atom is 0.329 e. The second-order valence-corrected chi connectivity index (χ2v) is 6.25. The monoisotopic (exact) mass is 295 g/mol. The molecule has 0 bridgehead atoms. The summed E-state index contributed by atoms with van der Waals surface area (Å²) in [5, 5.41) is 9.86. The molecule has 1 aliphatic carbocycles. The minimum Gasteiger partial charge on any atom is -0.480 e. The van der Waals surface area contributed by atoms with Crippen molar-refractivity contribution in [3.05, 3.63) is 34.9 Å². The highest BCUT2D eigenvalue weighted by atomic mass is 35.5. The van der Waals surface area contributed by atoms with Crippen LogP contribution in [-0.2, 0) is 15.0 Å². The third kappa shape index (κ3) is 2.29. The van der Waals surface area contributed by atoms with E-state index in [1.54, 1.807) is 19.2 Å². The summed E-state index contributed by atoms with van der Waals surface area (Å²) in [5.74, 6) is -1.16. The molecular formula is C15H18ClNO3. The zero-order valence-electron chi connectivity index (χ0n) is 11.8. The van der Waals surface area contributed by atoms with E-state index in [2.05, 4.69) is 0 Å². The Hall–Kier alpha value is -1.55. The Bertz CT molecular complexity index is 547. The number of benzene rings is 1. The molecule has 0 radical (unpaired) electrons. The van der Waals surface area contributed by atoms with Crippen molar-refractivity contribution >= 4 is 23.5 Å². The molecule has 108 valence electrons. The van der Waals surface area contributed by atoms with Gasteiger partial charge in [0.05, 0.1) is 5.41 Å². The molecule has 1 N–H and O–H groups in total. The van der Waals surface area contributed by atoms with Crippen molar-refractivity contribution in [2.24, 2.45) is 0 Å². The lowest BCUT2D eigenvalue weighted by molar-refractivity contribution is -0.156. The van der Waals surface area contributed by atoms with Crippen molar-refractivity contribution < 1.29 is 14.7 Å². The molecule has 1 aromatic carbocycles. The highest BCUT2D eigenvalue weighted by Crippen LogP contribution is 2.50. The summed E-state index contributed by atoms with van der Waals surface area (Å²) in [7, 11) is 1.55. The number of nitrogens with zero attached hydrogens (tertiary/aromatic N) is 1. The smallest absolute Gasteiger partial charge is 0.329 e. The van der Waals surface area contributed by atoms with Crippen LogP contribution in [0.25, 0.3) is 0 Å². The van der Waals surface area contributed by atoms with Crippen molar-refractivity contribution in [3.8, 4) is 0 Å². The third-order valence-corrected chi connectivity index (χ3v) is 4.47. The van der Waals surface area contributed by atoms with Gasteiger partial charge in [0, 0.05) is 12.1 Å². The van der Waals surface area contributed by atoms with Gasteiger partial charge in [-0.05, 0) is 44.4 Å². The van der Waals surface area contributed by atoms with E-state index in [0.717, 1.165) is 18.4 Å². The number of carbonyl (C=O) groups excluding carboxylic acids is 1. The zero-order valence-corrected chi connectivity index (χ0v) is 12.6. The summed E-state index contributed by atoms with van der Waals surface area (Å²) < 4.78 is 0. The van der Waals surface area contributed by atoms with Crippen LogP contribution in [0.15, 0.2) is 24.3 Å². The maximum atomic E-state index is 12.7. The summed E-state index contributed by atoms with van der Waals surface area (Å²) in [4.78, 5) is 25.3. The zero-order chi connectivity index (χ0) is 15.1. The number of hydrogen-bond acceptors (Lipinski definition) is 2. The number of amides is 1. The summed E-state index contributed by atoms with van der Waals surface area (Å²) in [6, 6.07) is 7.20. The molecule has 0 aliphatic heterocycles. The molecule has 1 aliphatic rings. The van der Waals surface area contributed by atoms with E-state index in [-0.39, 0.29) is 5.91 Å². The predicted octanol–water partition coefficient (Wildman–Crippen LogP) is 2.69. The van der Waals surface area contributed by atoms with Crippen LogP contribution in [0.3, 0.4) is 0 Å². The number of rotatable bonds is 4. The van der Waals surface area contributed by atoms with Gasteiger partial charge in [0.2, 0.25) is 5.91 Å². The first-order valence-corrected chi connectivity index (χ1v) is 6.87. The average Bonchev–Trinajstić information content (AvgIpc) is 3.19. The summed E-state index contributed by atoms with van der Waals surface area (Å²) in [6.45, 7) is 3.07. The Morgan fingerprint density at radius 3 is 2.15 bits per heavy atom. The molecule has 0 atom stereocenters. The summed E-state index contributed by atoms with van der Waals surface area (Å²) >= 11 is 5.87. The van der Waals surface area contributed by atoms with E-state index in [1.165, 1.54) is 18.7 Å². The van der Waals surface area contributed by atoms with Crippen LogP contribution in [0, 0.1) is 0 Å². The topological polar surface area (TPSA) is 57.6 Å². The molecule has 0 saturated heterocycles. The van der Waals surface area contributed by atoms with Crippen LogP contribution in [0.4, 0.5) is 0 Å². The second-order valence-electron chi connectivity index (χ2n) is 5.82. The summed E-state index contributed by atoms with van der Waals surface area (Å²) in [6.07, 6.45) is 1.49. The van der Waals surface area contributed by atoms with E-state index in [0.29, 0.717) is 5.02 Å². The van der Waals surface area contributed by atoms with Crippen molar-refractivity contribution in [1.82, 2.24) is 4.90 Å². The van der Waals surface area contributed by atoms with Gasteiger partial charge in [-0.25, -0.2) is 4.79 Å². The van der Waals surface area contributed by atoms with Crippen LogP contribution in [-0.4, -0.2) is 34.5 Å². The fourth-order valence-corrected chi connectivity index (χ4v) is 2.36. The van der Waals surface area contributed by atoms with Crippen LogP contribution in [0.2, 0.25) is 5.02 Å². The lowest BCUT2D eigenvalue weighted by Crippen LogP contribution is -2.53. The van der Waals surface area contributed by atoms with Gasteiger partial charge < -0.3 is 10.0 Å². The van der Waals surface area contributed by atoms with E-state index in [9.17, 15) is 14.7 Å². The fourth-order valence-electron chi connectivity index (χ4n) is 2.24. The molecule has 0 spiro atoms. The van der Waals surface area contributed by atoms with Crippen molar-refractivity contribution in [3.63, 3.8) is 0 Å². The number of likely N-dealkylation sites (N-methyl/N-ethyl adjacent to an activating group) is 1. The number of carboxylic acids is 1. The molecule has 4 nitrogen and oxygen atoms in total. The second kappa shape index (κ2) is 4.77. The van der Waals surface area contributed by atoms with Crippen LogP contribution in [0.1, 0.15) is 32.3 Å². The molecule has 20 heavy (non-hydrogen) atoms. The minimum absolute atomic E-state index is 0.146. The van der Waals surface area contributed by atoms with Crippen LogP contribution in [0.5, 0.6) is 0 Å². The number of hydrogen-bond donors (Lipinski definition) is 1. The lowest BCUT2D eigenvalue weighted by atomic mass is 9.92. The fraction of sp³-hybridized carbons (Fsp3) is 0.467. The minimum atomic E-state index is -1.22. The Morgan fingerprint density at radius 1 is 1.25 bits per heavy atom. The van der Waals surface area contributed by atoms with E-state index in [1.807, 2.05) is 12.1 Å². The van der Waals surface area contributed by atoms with Gasteiger partial charge in [0.1, 0.15) is 5.54 Å². The SMILES string of the molecule is CN(C(=O)C1(c2ccc(Cl)cc2)CC1)C(C)(C)C(=O)O. The van der Waals surface area contributed by atoms with Gasteiger partial charge in [0.15, 0.2) is 0 Å².